The van der Waals surface area contributed by atoms with Crippen molar-refractivity contribution in [3.63, 3.8) is 0 Å². The van der Waals surface area contributed by atoms with Crippen LogP contribution >= 0.6 is 0 Å². The van der Waals surface area contributed by atoms with E-state index in [1.54, 1.807) is 38.1 Å². The second kappa shape index (κ2) is 6.42. The lowest BCUT2D eigenvalue weighted by atomic mass is 10.1. The first kappa shape index (κ1) is 17.3. The highest BCUT2D eigenvalue weighted by molar-refractivity contribution is 7.89. The average Bonchev–Trinajstić information content (AvgIpc) is 2.87. The molecule has 0 saturated carbocycles. The molecule has 1 aliphatic heterocycles. The molecule has 1 heterocycles. The molecular formula is C18H18N2O4S. The van der Waals surface area contributed by atoms with Gasteiger partial charge in [0, 0.05) is 13.1 Å². The van der Waals surface area contributed by atoms with Gasteiger partial charge >= 0.3 is 0 Å². The van der Waals surface area contributed by atoms with Gasteiger partial charge in [-0.15, -0.1) is 0 Å². The third-order valence-electron chi connectivity index (χ3n) is 4.23. The lowest BCUT2D eigenvalue weighted by Crippen LogP contribution is -2.31. The lowest BCUT2D eigenvalue weighted by molar-refractivity contribution is 0.0926. The van der Waals surface area contributed by atoms with E-state index < -0.39 is 21.8 Å². The molecule has 0 spiro atoms. The minimum atomic E-state index is -3.58. The van der Waals surface area contributed by atoms with Gasteiger partial charge in [0.25, 0.3) is 11.8 Å². The van der Waals surface area contributed by atoms with Crippen molar-refractivity contribution in [2.24, 2.45) is 0 Å². The highest BCUT2D eigenvalue weighted by Crippen LogP contribution is 2.29. The van der Waals surface area contributed by atoms with Crippen LogP contribution in [0.4, 0.5) is 5.69 Å². The van der Waals surface area contributed by atoms with E-state index >= 15 is 0 Å². The van der Waals surface area contributed by atoms with E-state index in [9.17, 15) is 18.0 Å². The van der Waals surface area contributed by atoms with Crippen LogP contribution in [0.25, 0.3) is 0 Å². The Morgan fingerprint density at radius 3 is 1.76 bits per heavy atom. The number of carbonyl (C=O) groups excluding carboxylic acids is 2. The number of fused-ring (bicyclic) bond motifs is 1. The van der Waals surface area contributed by atoms with Gasteiger partial charge in [-0.25, -0.2) is 13.3 Å². The maximum Gasteiger partial charge on any atom is 0.266 e. The van der Waals surface area contributed by atoms with E-state index in [2.05, 4.69) is 0 Å². The van der Waals surface area contributed by atoms with Crippen molar-refractivity contribution in [2.45, 2.75) is 18.7 Å². The van der Waals surface area contributed by atoms with E-state index in [0.29, 0.717) is 29.9 Å². The smallest absolute Gasteiger partial charge is 0.266 e. The van der Waals surface area contributed by atoms with Crippen LogP contribution in [0.3, 0.4) is 0 Å². The number of hydrogen-bond acceptors (Lipinski definition) is 4. The summed E-state index contributed by atoms with van der Waals surface area (Å²) in [6, 6.07) is 12.4. The summed E-state index contributed by atoms with van der Waals surface area (Å²) >= 11 is 0. The zero-order valence-corrected chi connectivity index (χ0v) is 14.8. The minimum Gasteiger partial charge on any atom is -0.268 e. The molecular weight excluding hydrogens is 340 g/mol. The number of hydrogen-bond donors (Lipinski definition) is 0. The van der Waals surface area contributed by atoms with Gasteiger partial charge in [-0.05, 0) is 36.4 Å². The molecule has 25 heavy (non-hydrogen) atoms. The van der Waals surface area contributed by atoms with Gasteiger partial charge in [0.1, 0.15) is 0 Å². The molecule has 6 nitrogen and oxygen atoms in total. The molecule has 0 atom stereocenters. The Labute approximate surface area is 146 Å². The fourth-order valence-electron chi connectivity index (χ4n) is 2.90. The zero-order valence-electron chi connectivity index (χ0n) is 14.0. The zero-order chi connectivity index (χ0) is 18.2. The fraction of sp³-hybridized carbons (Fsp3) is 0.222. The predicted octanol–water partition coefficient (Wildman–Crippen LogP) is 2.52. The molecule has 0 aromatic heterocycles. The molecule has 0 aliphatic carbocycles. The molecule has 0 N–H and O–H groups in total. The Bertz CT molecular complexity index is 897. The molecule has 1 aliphatic rings. The van der Waals surface area contributed by atoms with Crippen molar-refractivity contribution in [3.8, 4) is 0 Å². The molecule has 130 valence electrons. The van der Waals surface area contributed by atoms with E-state index in [1.165, 1.54) is 28.6 Å². The summed E-state index contributed by atoms with van der Waals surface area (Å²) in [5.74, 6) is -0.806. The Kier molecular flexibility index (Phi) is 4.45. The summed E-state index contributed by atoms with van der Waals surface area (Å²) in [7, 11) is -3.58. The Morgan fingerprint density at radius 2 is 1.32 bits per heavy atom. The van der Waals surface area contributed by atoms with Crippen LogP contribution < -0.4 is 4.90 Å². The van der Waals surface area contributed by atoms with Gasteiger partial charge in [0.2, 0.25) is 10.0 Å². The summed E-state index contributed by atoms with van der Waals surface area (Å²) in [5, 5.41) is 0. The van der Waals surface area contributed by atoms with Crippen LogP contribution in [0, 0.1) is 0 Å². The molecule has 0 fully saturated rings. The standard InChI is InChI=1S/C18H18N2O4S/c1-3-19(4-2)25(23,24)14-11-9-13(10-12-14)20-17(21)15-7-5-6-8-16(15)18(20)22/h5-12H,3-4H2,1-2H3. The fourth-order valence-corrected chi connectivity index (χ4v) is 4.36. The quantitative estimate of drug-likeness (QED) is 0.770. The summed E-state index contributed by atoms with van der Waals surface area (Å²) < 4.78 is 26.4. The maximum absolute atomic E-state index is 12.5. The van der Waals surface area contributed by atoms with Crippen LogP contribution in [-0.4, -0.2) is 37.6 Å². The molecule has 0 radical (unpaired) electrons. The first-order chi connectivity index (χ1) is 11.9. The SMILES string of the molecule is CCN(CC)S(=O)(=O)c1ccc(N2C(=O)c3ccccc3C2=O)cc1. The van der Waals surface area contributed by atoms with Gasteiger partial charge in [0.05, 0.1) is 21.7 Å². The van der Waals surface area contributed by atoms with Gasteiger partial charge in [-0.2, -0.15) is 4.31 Å². The van der Waals surface area contributed by atoms with Crippen LogP contribution in [0.2, 0.25) is 0 Å². The maximum atomic E-state index is 12.5. The van der Waals surface area contributed by atoms with E-state index in [4.69, 9.17) is 0 Å². The number of nitrogens with zero attached hydrogens (tertiary/aromatic N) is 2. The average molecular weight is 358 g/mol. The van der Waals surface area contributed by atoms with E-state index in [-0.39, 0.29) is 4.90 Å². The number of rotatable bonds is 5. The first-order valence-electron chi connectivity index (χ1n) is 7.99. The lowest BCUT2D eigenvalue weighted by Gasteiger charge is -2.19. The number of anilines is 1. The summed E-state index contributed by atoms with van der Waals surface area (Å²) in [6.07, 6.45) is 0. The number of sulfonamides is 1. The monoisotopic (exact) mass is 358 g/mol. The molecule has 0 bridgehead atoms. The Balaban J connectivity index is 1.95. The van der Waals surface area contributed by atoms with Crippen molar-refractivity contribution < 1.29 is 18.0 Å². The largest absolute Gasteiger partial charge is 0.268 e. The molecule has 2 aromatic carbocycles. The highest BCUT2D eigenvalue weighted by Gasteiger charge is 2.36. The second-order valence-electron chi connectivity index (χ2n) is 5.57. The van der Waals surface area contributed by atoms with Crippen LogP contribution in [-0.2, 0) is 10.0 Å². The van der Waals surface area contributed by atoms with Gasteiger partial charge < -0.3 is 0 Å². The summed E-state index contributed by atoms with van der Waals surface area (Å²) in [5.41, 5.74) is 1.06. The normalized spacial score (nSPS) is 14.3. The number of imide groups is 1. The third kappa shape index (κ3) is 2.75. The molecule has 2 aromatic rings. The van der Waals surface area contributed by atoms with Crippen molar-refractivity contribution >= 4 is 27.5 Å². The molecule has 0 saturated heterocycles. The van der Waals surface area contributed by atoms with Crippen molar-refractivity contribution in [1.82, 2.24) is 4.31 Å². The Morgan fingerprint density at radius 1 is 0.840 bits per heavy atom. The summed E-state index contributed by atoms with van der Waals surface area (Å²) in [6.45, 7) is 4.29. The third-order valence-corrected chi connectivity index (χ3v) is 6.30. The minimum absolute atomic E-state index is 0.136. The van der Waals surface area contributed by atoms with E-state index in [1.807, 2.05) is 0 Å². The molecule has 0 unspecified atom stereocenters. The van der Waals surface area contributed by atoms with Crippen molar-refractivity contribution in [2.75, 3.05) is 18.0 Å². The molecule has 7 heteroatoms. The van der Waals surface area contributed by atoms with Crippen molar-refractivity contribution in [3.05, 3.63) is 59.7 Å². The molecule has 3 rings (SSSR count). The van der Waals surface area contributed by atoms with Gasteiger partial charge in [-0.1, -0.05) is 26.0 Å². The van der Waals surface area contributed by atoms with E-state index in [0.717, 1.165) is 4.90 Å². The predicted molar refractivity (Wildman–Crippen MR) is 94.1 cm³/mol. The Hall–Kier alpha value is -2.51. The number of carbonyl (C=O) groups is 2. The number of benzene rings is 2. The van der Waals surface area contributed by atoms with Crippen LogP contribution in [0.15, 0.2) is 53.4 Å². The number of amides is 2. The van der Waals surface area contributed by atoms with Gasteiger partial charge in [0.15, 0.2) is 0 Å². The van der Waals surface area contributed by atoms with Crippen LogP contribution in [0.1, 0.15) is 34.6 Å². The molecule has 2 amide bonds. The topological polar surface area (TPSA) is 74.8 Å². The first-order valence-corrected chi connectivity index (χ1v) is 9.43. The van der Waals surface area contributed by atoms with Crippen LogP contribution in [0.5, 0.6) is 0 Å². The second-order valence-corrected chi connectivity index (χ2v) is 7.51. The van der Waals surface area contributed by atoms with Gasteiger partial charge in [-0.3, -0.25) is 9.59 Å². The summed E-state index contributed by atoms with van der Waals surface area (Å²) in [4.78, 5) is 26.1. The highest BCUT2D eigenvalue weighted by atomic mass is 32.2. The van der Waals surface area contributed by atoms with Crippen molar-refractivity contribution in [1.29, 1.82) is 0 Å².